The predicted octanol–water partition coefficient (Wildman–Crippen LogP) is 1.75. The number of anilines is 1. The van der Waals surface area contributed by atoms with E-state index in [1.165, 1.54) is 0 Å². The third kappa shape index (κ3) is 5.44. The Kier molecular flexibility index (Phi) is 6.38. The second-order valence-electron chi connectivity index (χ2n) is 4.90. The first-order valence-electron chi connectivity index (χ1n) is 6.45. The first kappa shape index (κ1) is 16.9. The quantitative estimate of drug-likeness (QED) is 0.566. The van der Waals surface area contributed by atoms with Gasteiger partial charge in [-0.15, -0.1) is 0 Å². The summed E-state index contributed by atoms with van der Waals surface area (Å²) in [4.78, 5) is -0.109. The van der Waals surface area contributed by atoms with E-state index >= 15 is 0 Å². The molecule has 20 heavy (non-hydrogen) atoms. The van der Waals surface area contributed by atoms with E-state index in [1.54, 1.807) is 0 Å². The molecule has 0 saturated heterocycles. The summed E-state index contributed by atoms with van der Waals surface area (Å²) in [5.41, 5.74) is 5.41. The van der Waals surface area contributed by atoms with E-state index in [-0.39, 0.29) is 17.1 Å². The van der Waals surface area contributed by atoms with Crippen LogP contribution in [0.25, 0.3) is 0 Å². The third-order valence-electron chi connectivity index (χ3n) is 2.47. The molecule has 0 fully saturated rings. The Bertz CT molecular complexity index is 532. The van der Waals surface area contributed by atoms with E-state index in [0.717, 1.165) is 18.2 Å². The zero-order valence-corrected chi connectivity index (χ0v) is 12.5. The van der Waals surface area contributed by atoms with E-state index in [1.807, 2.05) is 13.8 Å². The van der Waals surface area contributed by atoms with Gasteiger partial charge in [-0.3, -0.25) is 0 Å². The van der Waals surface area contributed by atoms with Crippen LogP contribution >= 0.6 is 0 Å². The summed E-state index contributed by atoms with van der Waals surface area (Å²) in [6.07, 6.45) is 0.563. The van der Waals surface area contributed by atoms with Gasteiger partial charge in [-0.25, -0.2) is 17.5 Å². The van der Waals surface area contributed by atoms with Gasteiger partial charge in [0.15, 0.2) is 0 Å². The highest BCUT2D eigenvalue weighted by Crippen LogP contribution is 2.18. The largest absolute Gasteiger partial charge is 0.398 e. The molecule has 1 aromatic carbocycles. The summed E-state index contributed by atoms with van der Waals surface area (Å²) >= 11 is 0. The van der Waals surface area contributed by atoms with Crippen LogP contribution in [0.1, 0.15) is 20.3 Å². The van der Waals surface area contributed by atoms with Crippen molar-refractivity contribution in [3.8, 4) is 0 Å². The molecule has 1 aromatic rings. The maximum Gasteiger partial charge on any atom is 0.242 e. The Morgan fingerprint density at radius 1 is 1.40 bits per heavy atom. The average molecular weight is 304 g/mol. The van der Waals surface area contributed by atoms with Crippen molar-refractivity contribution in [2.24, 2.45) is 5.92 Å². The Balaban J connectivity index is 2.46. The lowest BCUT2D eigenvalue weighted by Crippen LogP contribution is -2.26. The van der Waals surface area contributed by atoms with Crippen LogP contribution in [0.4, 0.5) is 10.1 Å². The Morgan fingerprint density at radius 3 is 2.70 bits per heavy atom. The van der Waals surface area contributed by atoms with Crippen molar-refractivity contribution in [3.63, 3.8) is 0 Å². The van der Waals surface area contributed by atoms with Gasteiger partial charge in [-0.05, 0) is 30.5 Å². The number of benzene rings is 1. The first-order valence-corrected chi connectivity index (χ1v) is 7.93. The molecule has 7 heteroatoms. The Hall–Kier alpha value is -1.18. The van der Waals surface area contributed by atoms with Crippen molar-refractivity contribution in [1.82, 2.24) is 4.72 Å². The Morgan fingerprint density at radius 2 is 2.10 bits per heavy atom. The van der Waals surface area contributed by atoms with Crippen molar-refractivity contribution < 1.29 is 17.5 Å². The molecule has 0 radical (unpaired) electrons. The monoisotopic (exact) mass is 304 g/mol. The minimum atomic E-state index is -3.71. The molecule has 0 bridgehead atoms. The lowest BCUT2D eigenvalue weighted by Gasteiger charge is -2.10. The van der Waals surface area contributed by atoms with Crippen molar-refractivity contribution in [1.29, 1.82) is 0 Å². The van der Waals surface area contributed by atoms with E-state index < -0.39 is 15.8 Å². The number of ether oxygens (including phenoxy) is 1. The molecule has 0 spiro atoms. The molecule has 0 aromatic heterocycles. The van der Waals surface area contributed by atoms with Crippen LogP contribution in [-0.4, -0.2) is 28.2 Å². The number of hydrogen-bond donors (Lipinski definition) is 2. The minimum Gasteiger partial charge on any atom is -0.398 e. The second kappa shape index (κ2) is 7.56. The molecule has 3 N–H and O–H groups in total. The highest BCUT2D eigenvalue weighted by molar-refractivity contribution is 7.89. The molecule has 0 heterocycles. The average Bonchev–Trinajstić information content (AvgIpc) is 2.32. The van der Waals surface area contributed by atoms with E-state index in [2.05, 4.69) is 4.72 Å². The van der Waals surface area contributed by atoms with Gasteiger partial charge < -0.3 is 10.5 Å². The van der Waals surface area contributed by atoms with E-state index in [0.29, 0.717) is 25.6 Å². The lowest BCUT2D eigenvalue weighted by molar-refractivity contribution is 0.108. The molecule has 114 valence electrons. The number of halogens is 1. The van der Waals surface area contributed by atoms with Crippen LogP contribution in [0.5, 0.6) is 0 Å². The molecule has 0 aliphatic carbocycles. The number of nitrogen functional groups attached to an aromatic ring is 1. The zero-order chi connectivity index (χ0) is 15.2. The fourth-order valence-electron chi connectivity index (χ4n) is 1.54. The summed E-state index contributed by atoms with van der Waals surface area (Å²) in [6.45, 7) is 5.47. The number of nitrogens with two attached hydrogens (primary N) is 1. The van der Waals surface area contributed by atoms with Gasteiger partial charge in [-0.2, -0.15) is 0 Å². The molecule has 0 aliphatic heterocycles. The number of hydrogen-bond acceptors (Lipinski definition) is 4. The van der Waals surface area contributed by atoms with Crippen molar-refractivity contribution in [3.05, 3.63) is 24.0 Å². The van der Waals surface area contributed by atoms with Gasteiger partial charge in [0, 0.05) is 19.8 Å². The van der Waals surface area contributed by atoms with Crippen LogP contribution in [0.15, 0.2) is 23.1 Å². The molecule has 0 saturated carbocycles. The fourth-order valence-corrected chi connectivity index (χ4v) is 2.73. The lowest BCUT2D eigenvalue weighted by atomic mass is 10.2. The van der Waals surface area contributed by atoms with Crippen LogP contribution in [0.3, 0.4) is 0 Å². The summed E-state index contributed by atoms with van der Waals surface area (Å²) in [6, 6.07) is 3.21. The highest BCUT2D eigenvalue weighted by atomic mass is 32.2. The van der Waals surface area contributed by atoms with E-state index in [9.17, 15) is 12.8 Å². The Labute approximate surface area is 119 Å². The number of sulfonamides is 1. The fraction of sp³-hybridized carbons (Fsp3) is 0.538. The molecule has 0 atom stereocenters. The SMILES string of the molecule is CC(C)COCCCNS(=O)(=O)c1ccc(F)cc1N. The van der Waals surface area contributed by atoms with Crippen LogP contribution in [-0.2, 0) is 14.8 Å². The predicted molar refractivity (Wildman–Crippen MR) is 76.3 cm³/mol. The van der Waals surface area contributed by atoms with Crippen LogP contribution in [0, 0.1) is 11.7 Å². The van der Waals surface area contributed by atoms with Crippen molar-refractivity contribution in [2.45, 2.75) is 25.2 Å². The summed E-state index contributed by atoms with van der Waals surface area (Å²) < 4.78 is 44.5. The first-order chi connectivity index (χ1) is 9.33. The second-order valence-corrected chi connectivity index (χ2v) is 6.64. The minimum absolute atomic E-state index is 0.103. The third-order valence-corrected chi connectivity index (χ3v) is 4.01. The van der Waals surface area contributed by atoms with E-state index in [4.69, 9.17) is 10.5 Å². The van der Waals surface area contributed by atoms with Crippen molar-refractivity contribution in [2.75, 3.05) is 25.5 Å². The smallest absolute Gasteiger partial charge is 0.242 e. The maximum atomic E-state index is 12.9. The highest BCUT2D eigenvalue weighted by Gasteiger charge is 2.16. The van der Waals surface area contributed by atoms with Crippen molar-refractivity contribution >= 4 is 15.7 Å². The molecule has 0 unspecified atom stereocenters. The molecular weight excluding hydrogens is 283 g/mol. The van der Waals surface area contributed by atoms with Gasteiger partial charge in [0.25, 0.3) is 0 Å². The normalized spacial score (nSPS) is 12.0. The number of rotatable bonds is 8. The molecule has 1 rings (SSSR count). The van der Waals surface area contributed by atoms with Crippen LogP contribution in [0.2, 0.25) is 0 Å². The summed E-state index contributed by atoms with van der Waals surface area (Å²) in [5.74, 6) is -0.116. The summed E-state index contributed by atoms with van der Waals surface area (Å²) in [7, 11) is -3.71. The molecule has 5 nitrogen and oxygen atoms in total. The molecule has 0 aliphatic rings. The van der Waals surface area contributed by atoms with Gasteiger partial charge >= 0.3 is 0 Å². The zero-order valence-electron chi connectivity index (χ0n) is 11.7. The topological polar surface area (TPSA) is 81.4 Å². The van der Waals surface area contributed by atoms with Gasteiger partial charge in [0.1, 0.15) is 10.7 Å². The number of nitrogens with one attached hydrogen (secondary N) is 1. The van der Waals surface area contributed by atoms with Gasteiger partial charge in [-0.1, -0.05) is 13.8 Å². The maximum absolute atomic E-state index is 12.9. The molecule has 0 amide bonds. The summed E-state index contributed by atoms with van der Waals surface area (Å²) in [5, 5.41) is 0. The van der Waals surface area contributed by atoms with Crippen LogP contribution < -0.4 is 10.5 Å². The standard InChI is InChI=1S/C13H21FN2O3S/c1-10(2)9-19-7-3-6-16-20(17,18)13-5-4-11(14)8-12(13)15/h4-5,8,10,16H,3,6-7,9,15H2,1-2H3. The van der Waals surface area contributed by atoms with Gasteiger partial charge in [0.2, 0.25) is 10.0 Å². The van der Waals surface area contributed by atoms with Gasteiger partial charge in [0.05, 0.1) is 5.69 Å². The molecular formula is C13H21FN2O3S.